The first-order chi connectivity index (χ1) is 16.7. The zero-order valence-electron chi connectivity index (χ0n) is 18.9. The van der Waals surface area contributed by atoms with E-state index in [1.54, 1.807) is 14.2 Å². The maximum absolute atomic E-state index is 6.03. The van der Waals surface area contributed by atoms with Crippen LogP contribution in [0.15, 0.2) is 96.0 Å². The number of ether oxygens (including phenoxy) is 2. The van der Waals surface area contributed by atoms with Crippen LogP contribution in [0.25, 0.3) is 33.3 Å². The molecule has 168 valence electrons. The number of nitrogens with zero attached hydrogens (tertiary/aromatic N) is 1. The number of hydrogen-bond donors (Lipinski definition) is 1. The standard InChI is InChI=1S/C29H23ClN2O2/c1-33-24-17-25(34-2)27-26(19-9-5-3-6-10-19)28(20-11-7-4-8-12-20)32-29(27)23(24)18-31-22-15-13-21(30)14-16-22/h3-18,32H,1-2H3. The molecule has 0 spiro atoms. The number of halogens is 1. The Kier molecular flexibility index (Phi) is 6.07. The number of rotatable bonds is 6. The monoisotopic (exact) mass is 466 g/mol. The zero-order chi connectivity index (χ0) is 23.5. The van der Waals surface area contributed by atoms with Gasteiger partial charge in [-0.25, -0.2) is 0 Å². The van der Waals surface area contributed by atoms with Crippen molar-refractivity contribution in [3.05, 3.63) is 102 Å². The molecule has 4 nitrogen and oxygen atoms in total. The van der Waals surface area contributed by atoms with Gasteiger partial charge in [0.15, 0.2) is 0 Å². The summed E-state index contributed by atoms with van der Waals surface area (Å²) in [7, 11) is 3.33. The molecule has 0 bridgehead atoms. The fraction of sp³-hybridized carbons (Fsp3) is 0.0690. The molecule has 0 fully saturated rings. The normalized spacial score (nSPS) is 11.3. The molecule has 1 heterocycles. The van der Waals surface area contributed by atoms with Crippen molar-refractivity contribution in [3.63, 3.8) is 0 Å². The SMILES string of the molecule is COc1cc(OC)c2c(-c3ccccc3)c(-c3ccccc3)[nH]c2c1C=Nc1ccc(Cl)cc1. The Bertz CT molecular complexity index is 1460. The minimum atomic E-state index is 0.669. The van der Waals surface area contributed by atoms with E-state index in [0.29, 0.717) is 10.8 Å². The lowest BCUT2D eigenvalue weighted by atomic mass is 9.97. The molecular weight excluding hydrogens is 444 g/mol. The van der Waals surface area contributed by atoms with E-state index in [-0.39, 0.29) is 0 Å². The van der Waals surface area contributed by atoms with E-state index >= 15 is 0 Å². The van der Waals surface area contributed by atoms with Crippen LogP contribution in [0, 0.1) is 0 Å². The number of hydrogen-bond acceptors (Lipinski definition) is 3. The van der Waals surface area contributed by atoms with Gasteiger partial charge < -0.3 is 14.5 Å². The predicted molar refractivity (Wildman–Crippen MR) is 141 cm³/mol. The molecule has 0 saturated heterocycles. The second-order valence-electron chi connectivity index (χ2n) is 7.79. The summed E-state index contributed by atoms with van der Waals surface area (Å²) >= 11 is 6.03. The van der Waals surface area contributed by atoms with Crippen molar-refractivity contribution in [1.29, 1.82) is 0 Å². The van der Waals surface area contributed by atoms with Crippen LogP contribution in [-0.2, 0) is 0 Å². The zero-order valence-corrected chi connectivity index (χ0v) is 19.6. The molecule has 5 aromatic rings. The van der Waals surface area contributed by atoms with E-state index in [9.17, 15) is 0 Å². The Labute approximate surface area is 203 Å². The maximum Gasteiger partial charge on any atom is 0.133 e. The summed E-state index contributed by atoms with van der Waals surface area (Å²) in [6, 6.07) is 29.9. The fourth-order valence-corrected chi connectivity index (χ4v) is 4.31. The number of nitrogens with one attached hydrogen (secondary N) is 1. The summed E-state index contributed by atoms with van der Waals surface area (Å²) in [5.74, 6) is 1.40. The molecule has 34 heavy (non-hydrogen) atoms. The quantitative estimate of drug-likeness (QED) is 0.258. The van der Waals surface area contributed by atoms with E-state index in [1.807, 2.05) is 72.9 Å². The van der Waals surface area contributed by atoms with E-state index in [4.69, 9.17) is 26.1 Å². The number of aliphatic imine (C=N–C) groups is 1. The molecule has 4 aromatic carbocycles. The van der Waals surface area contributed by atoms with Crippen LogP contribution in [0.3, 0.4) is 0 Å². The van der Waals surface area contributed by atoms with Crippen LogP contribution in [0.2, 0.25) is 5.02 Å². The average Bonchev–Trinajstić information content (AvgIpc) is 3.29. The van der Waals surface area contributed by atoms with Gasteiger partial charge in [0.1, 0.15) is 11.5 Å². The van der Waals surface area contributed by atoms with Crippen molar-refractivity contribution in [2.24, 2.45) is 4.99 Å². The molecule has 0 aliphatic carbocycles. The molecule has 0 atom stereocenters. The number of fused-ring (bicyclic) bond motifs is 1. The van der Waals surface area contributed by atoms with Gasteiger partial charge in [0.2, 0.25) is 0 Å². The van der Waals surface area contributed by atoms with Crippen molar-refractivity contribution in [2.45, 2.75) is 0 Å². The molecule has 5 heteroatoms. The summed E-state index contributed by atoms with van der Waals surface area (Å²) in [4.78, 5) is 8.36. The molecule has 0 aliphatic rings. The lowest BCUT2D eigenvalue weighted by Gasteiger charge is -2.12. The topological polar surface area (TPSA) is 46.6 Å². The molecule has 0 unspecified atom stereocenters. The Hall–Kier alpha value is -4.02. The van der Waals surface area contributed by atoms with Crippen LogP contribution < -0.4 is 9.47 Å². The first-order valence-electron chi connectivity index (χ1n) is 10.9. The van der Waals surface area contributed by atoms with Crippen LogP contribution in [0.4, 0.5) is 5.69 Å². The second-order valence-corrected chi connectivity index (χ2v) is 8.22. The van der Waals surface area contributed by atoms with Gasteiger partial charge in [0.25, 0.3) is 0 Å². The van der Waals surface area contributed by atoms with Gasteiger partial charge in [0.05, 0.1) is 42.1 Å². The highest BCUT2D eigenvalue weighted by Gasteiger charge is 2.22. The highest BCUT2D eigenvalue weighted by Crippen LogP contribution is 2.45. The maximum atomic E-state index is 6.03. The molecular formula is C29H23ClN2O2. The minimum Gasteiger partial charge on any atom is -0.496 e. The van der Waals surface area contributed by atoms with Gasteiger partial charge in [0, 0.05) is 22.9 Å². The van der Waals surface area contributed by atoms with Crippen molar-refractivity contribution in [1.82, 2.24) is 4.98 Å². The Morgan fingerprint density at radius 1 is 0.765 bits per heavy atom. The lowest BCUT2D eigenvalue weighted by Crippen LogP contribution is -1.95. The largest absolute Gasteiger partial charge is 0.496 e. The van der Waals surface area contributed by atoms with Gasteiger partial charge in [-0.3, -0.25) is 4.99 Å². The molecule has 0 aliphatic heterocycles. The number of aromatic nitrogens is 1. The summed E-state index contributed by atoms with van der Waals surface area (Å²) < 4.78 is 11.6. The van der Waals surface area contributed by atoms with Gasteiger partial charge >= 0.3 is 0 Å². The second kappa shape index (κ2) is 9.46. The van der Waals surface area contributed by atoms with Crippen molar-refractivity contribution >= 4 is 34.4 Å². The van der Waals surface area contributed by atoms with Crippen LogP contribution in [0.1, 0.15) is 5.56 Å². The molecule has 0 radical (unpaired) electrons. The molecule has 1 N–H and O–H groups in total. The third-order valence-electron chi connectivity index (χ3n) is 5.78. The fourth-order valence-electron chi connectivity index (χ4n) is 4.18. The summed E-state index contributed by atoms with van der Waals surface area (Å²) in [6.45, 7) is 0. The first-order valence-corrected chi connectivity index (χ1v) is 11.3. The van der Waals surface area contributed by atoms with Crippen molar-refractivity contribution in [2.75, 3.05) is 14.2 Å². The summed E-state index contributed by atoms with van der Waals surface area (Å²) in [5, 5.41) is 1.65. The first kappa shape index (κ1) is 21.8. The van der Waals surface area contributed by atoms with Gasteiger partial charge in [-0.2, -0.15) is 0 Å². The van der Waals surface area contributed by atoms with Gasteiger partial charge in [-0.05, 0) is 35.4 Å². The van der Waals surface area contributed by atoms with E-state index in [2.05, 4.69) is 29.2 Å². The summed E-state index contributed by atoms with van der Waals surface area (Å²) in [6.07, 6.45) is 1.82. The minimum absolute atomic E-state index is 0.669. The highest BCUT2D eigenvalue weighted by atomic mass is 35.5. The Morgan fingerprint density at radius 2 is 1.38 bits per heavy atom. The Morgan fingerprint density at radius 3 is 2.00 bits per heavy atom. The smallest absolute Gasteiger partial charge is 0.133 e. The highest BCUT2D eigenvalue weighted by molar-refractivity contribution is 6.30. The van der Waals surface area contributed by atoms with E-state index in [1.165, 1.54) is 0 Å². The van der Waals surface area contributed by atoms with Gasteiger partial charge in [-0.15, -0.1) is 0 Å². The van der Waals surface area contributed by atoms with Crippen molar-refractivity contribution < 1.29 is 9.47 Å². The number of methoxy groups -OCH3 is 2. The molecule has 0 saturated carbocycles. The number of H-pyrrole nitrogens is 1. The summed E-state index contributed by atoms with van der Waals surface area (Å²) in [5.41, 5.74) is 6.79. The third kappa shape index (κ3) is 4.04. The molecule has 0 amide bonds. The Balaban J connectivity index is 1.82. The lowest BCUT2D eigenvalue weighted by molar-refractivity contribution is 0.397. The van der Waals surface area contributed by atoms with Gasteiger partial charge in [-0.1, -0.05) is 72.3 Å². The van der Waals surface area contributed by atoms with Crippen LogP contribution >= 0.6 is 11.6 Å². The number of benzene rings is 4. The molecule has 1 aromatic heterocycles. The predicted octanol–water partition coefficient (Wildman–Crippen LogP) is 7.92. The number of aromatic amines is 1. The average molecular weight is 467 g/mol. The molecule has 5 rings (SSSR count). The van der Waals surface area contributed by atoms with Crippen LogP contribution in [0.5, 0.6) is 11.5 Å². The van der Waals surface area contributed by atoms with Crippen LogP contribution in [-0.4, -0.2) is 25.4 Å². The van der Waals surface area contributed by atoms with E-state index in [0.717, 1.165) is 50.3 Å². The third-order valence-corrected chi connectivity index (χ3v) is 6.03. The van der Waals surface area contributed by atoms with Crippen molar-refractivity contribution in [3.8, 4) is 33.9 Å². The van der Waals surface area contributed by atoms with E-state index < -0.39 is 0 Å².